The zero-order valence-electron chi connectivity index (χ0n) is 12.2. The van der Waals surface area contributed by atoms with Crippen LogP contribution in [0.25, 0.3) is 11.3 Å². The van der Waals surface area contributed by atoms with Gasteiger partial charge in [-0.3, -0.25) is 0 Å². The molecule has 1 heterocycles. The lowest BCUT2D eigenvalue weighted by Gasteiger charge is -2.36. The van der Waals surface area contributed by atoms with E-state index in [0.29, 0.717) is 17.2 Å². The fourth-order valence-corrected chi connectivity index (χ4v) is 3.46. The van der Waals surface area contributed by atoms with E-state index >= 15 is 0 Å². The normalized spacial score (nSPS) is 21.8. The van der Waals surface area contributed by atoms with Gasteiger partial charge in [-0.2, -0.15) is 0 Å². The number of rotatable bonds is 2. The van der Waals surface area contributed by atoms with Gasteiger partial charge in [-0.25, -0.2) is 0 Å². The summed E-state index contributed by atoms with van der Waals surface area (Å²) in [4.78, 5) is 0. The minimum absolute atomic E-state index is 0.427. The number of anilines is 1. The van der Waals surface area contributed by atoms with Crippen LogP contribution in [-0.2, 0) is 0 Å². The van der Waals surface area contributed by atoms with Crippen LogP contribution >= 0.6 is 0 Å². The molecule has 0 bridgehead atoms. The maximum absolute atomic E-state index is 5.68. The van der Waals surface area contributed by atoms with Crippen LogP contribution in [0, 0.1) is 5.41 Å². The molecule has 0 spiro atoms. The highest BCUT2D eigenvalue weighted by atomic mass is 16.5. The first-order valence-electron chi connectivity index (χ1n) is 7.37. The Hall–Kier alpha value is -1.77. The second-order valence-corrected chi connectivity index (χ2v) is 6.66. The van der Waals surface area contributed by atoms with Gasteiger partial charge in [-0.15, -0.1) is 0 Å². The van der Waals surface area contributed by atoms with Gasteiger partial charge in [-0.05, 0) is 36.2 Å². The smallest absolute Gasteiger partial charge is 0.169 e. The molecule has 1 saturated carbocycles. The Morgan fingerprint density at radius 3 is 2.80 bits per heavy atom. The first kappa shape index (κ1) is 13.2. The SMILES string of the molecule is CC1(C)CCCC(c2ccccc2-c2cc(N)no2)C1. The molecule has 1 aromatic carbocycles. The number of benzene rings is 1. The van der Waals surface area contributed by atoms with Crippen molar-refractivity contribution < 1.29 is 4.52 Å². The molecule has 2 N–H and O–H groups in total. The molecule has 0 amide bonds. The van der Waals surface area contributed by atoms with E-state index < -0.39 is 0 Å². The molecule has 3 nitrogen and oxygen atoms in total. The highest BCUT2D eigenvalue weighted by molar-refractivity contribution is 5.65. The Bertz CT molecular complexity index is 601. The highest BCUT2D eigenvalue weighted by Gasteiger charge is 2.30. The van der Waals surface area contributed by atoms with Gasteiger partial charge in [0.25, 0.3) is 0 Å². The van der Waals surface area contributed by atoms with E-state index in [4.69, 9.17) is 10.3 Å². The van der Waals surface area contributed by atoms with E-state index in [2.05, 4.69) is 37.2 Å². The van der Waals surface area contributed by atoms with E-state index in [1.165, 1.54) is 31.2 Å². The molecule has 1 aliphatic carbocycles. The molecule has 1 aromatic heterocycles. The average Bonchev–Trinajstić information content (AvgIpc) is 2.84. The lowest BCUT2D eigenvalue weighted by Crippen LogP contribution is -2.21. The zero-order valence-corrected chi connectivity index (χ0v) is 12.2. The fraction of sp³-hybridized carbons (Fsp3) is 0.471. The molecule has 0 saturated heterocycles. The minimum Gasteiger partial charge on any atom is -0.381 e. The van der Waals surface area contributed by atoms with Crippen molar-refractivity contribution in [1.82, 2.24) is 5.16 Å². The lowest BCUT2D eigenvalue weighted by atomic mass is 9.69. The van der Waals surface area contributed by atoms with Gasteiger partial charge in [0.1, 0.15) is 0 Å². The number of hydrogen-bond donors (Lipinski definition) is 1. The van der Waals surface area contributed by atoms with Gasteiger partial charge in [0.2, 0.25) is 0 Å². The number of nitrogens with zero attached hydrogens (tertiary/aromatic N) is 1. The molecule has 1 atom stereocenters. The average molecular weight is 270 g/mol. The number of nitrogens with two attached hydrogens (primary N) is 1. The first-order chi connectivity index (χ1) is 9.55. The predicted molar refractivity (Wildman–Crippen MR) is 81.3 cm³/mol. The second-order valence-electron chi connectivity index (χ2n) is 6.66. The Kier molecular flexibility index (Phi) is 3.28. The first-order valence-corrected chi connectivity index (χ1v) is 7.37. The topological polar surface area (TPSA) is 52.0 Å². The third-order valence-corrected chi connectivity index (χ3v) is 4.40. The molecule has 1 fully saturated rings. The van der Waals surface area contributed by atoms with E-state index in [-0.39, 0.29) is 0 Å². The summed E-state index contributed by atoms with van der Waals surface area (Å²) >= 11 is 0. The molecular weight excluding hydrogens is 248 g/mol. The van der Waals surface area contributed by atoms with Crippen LogP contribution in [0.5, 0.6) is 0 Å². The van der Waals surface area contributed by atoms with Crippen LogP contribution < -0.4 is 5.73 Å². The lowest BCUT2D eigenvalue weighted by molar-refractivity contribution is 0.219. The Morgan fingerprint density at radius 2 is 2.10 bits per heavy atom. The summed E-state index contributed by atoms with van der Waals surface area (Å²) in [5.41, 5.74) is 8.62. The quantitative estimate of drug-likeness (QED) is 0.867. The van der Waals surface area contributed by atoms with Gasteiger partial charge < -0.3 is 10.3 Å². The summed E-state index contributed by atoms with van der Waals surface area (Å²) in [6, 6.07) is 10.3. The Labute approximate surface area is 120 Å². The fourth-order valence-electron chi connectivity index (χ4n) is 3.46. The molecule has 1 aliphatic rings. The van der Waals surface area contributed by atoms with Gasteiger partial charge in [-0.1, -0.05) is 49.7 Å². The van der Waals surface area contributed by atoms with E-state index in [1.54, 1.807) is 0 Å². The summed E-state index contributed by atoms with van der Waals surface area (Å²) in [5, 5.41) is 3.81. The standard InChI is InChI=1S/C17H22N2O/c1-17(2)9-5-6-12(11-17)13-7-3-4-8-14(13)15-10-16(18)19-20-15/h3-4,7-8,10,12H,5-6,9,11H2,1-2H3,(H2,18,19). The molecule has 3 rings (SSSR count). The monoisotopic (exact) mass is 270 g/mol. The van der Waals surface area contributed by atoms with Gasteiger partial charge in [0, 0.05) is 11.6 Å². The number of hydrogen-bond acceptors (Lipinski definition) is 3. The number of aromatic nitrogens is 1. The summed E-state index contributed by atoms with van der Waals surface area (Å²) in [6.07, 6.45) is 5.10. The number of nitrogen functional groups attached to an aromatic ring is 1. The summed E-state index contributed by atoms with van der Waals surface area (Å²) in [7, 11) is 0. The summed E-state index contributed by atoms with van der Waals surface area (Å²) in [6.45, 7) is 4.74. The molecule has 2 aromatic rings. The third-order valence-electron chi connectivity index (χ3n) is 4.40. The van der Waals surface area contributed by atoms with Crippen molar-refractivity contribution in [3.8, 4) is 11.3 Å². The molecule has 3 heteroatoms. The van der Waals surface area contributed by atoms with Crippen molar-refractivity contribution in [3.05, 3.63) is 35.9 Å². The third kappa shape index (κ3) is 2.58. The van der Waals surface area contributed by atoms with Gasteiger partial charge in [0.05, 0.1) is 0 Å². The maximum atomic E-state index is 5.68. The Balaban J connectivity index is 1.98. The van der Waals surface area contributed by atoms with Crippen molar-refractivity contribution in [3.63, 3.8) is 0 Å². The van der Waals surface area contributed by atoms with Gasteiger partial charge in [0.15, 0.2) is 11.6 Å². The van der Waals surface area contributed by atoms with Gasteiger partial charge >= 0.3 is 0 Å². The molecule has 0 aliphatic heterocycles. The predicted octanol–water partition coefficient (Wildman–Crippen LogP) is 4.61. The van der Waals surface area contributed by atoms with Crippen LogP contribution in [0.1, 0.15) is 51.0 Å². The molecule has 0 radical (unpaired) electrons. The van der Waals surface area contributed by atoms with E-state index in [9.17, 15) is 0 Å². The summed E-state index contributed by atoms with van der Waals surface area (Å²) in [5.74, 6) is 1.82. The van der Waals surface area contributed by atoms with Crippen molar-refractivity contribution in [2.24, 2.45) is 5.41 Å². The molecule has 20 heavy (non-hydrogen) atoms. The van der Waals surface area contributed by atoms with Crippen molar-refractivity contribution >= 4 is 5.82 Å². The minimum atomic E-state index is 0.427. The van der Waals surface area contributed by atoms with E-state index in [0.717, 1.165) is 11.3 Å². The molecule has 106 valence electrons. The molecular formula is C17H22N2O. The van der Waals surface area contributed by atoms with Crippen LogP contribution in [-0.4, -0.2) is 5.16 Å². The van der Waals surface area contributed by atoms with Crippen molar-refractivity contribution in [2.75, 3.05) is 5.73 Å². The zero-order chi connectivity index (χ0) is 14.2. The summed E-state index contributed by atoms with van der Waals surface area (Å²) < 4.78 is 5.36. The van der Waals surface area contributed by atoms with Crippen LogP contribution in [0.15, 0.2) is 34.9 Å². The van der Waals surface area contributed by atoms with Crippen LogP contribution in [0.2, 0.25) is 0 Å². The Morgan fingerprint density at radius 1 is 1.30 bits per heavy atom. The largest absolute Gasteiger partial charge is 0.381 e. The van der Waals surface area contributed by atoms with Crippen molar-refractivity contribution in [2.45, 2.75) is 45.4 Å². The second kappa shape index (κ2) is 4.97. The maximum Gasteiger partial charge on any atom is 0.169 e. The highest BCUT2D eigenvalue weighted by Crippen LogP contribution is 2.45. The van der Waals surface area contributed by atoms with Crippen LogP contribution in [0.4, 0.5) is 5.82 Å². The molecule has 1 unspecified atom stereocenters. The van der Waals surface area contributed by atoms with Crippen molar-refractivity contribution in [1.29, 1.82) is 0 Å². The van der Waals surface area contributed by atoms with Crippen LogP contribution in [0.3, 0.4) is 0 Å². The van der Waals surface area contributed by atoms with E-state index in [1.807, 2.05) is 12.1 Å².